The molecule has 0 aliphatic carbocycles. The summed E-state index contributed by atoms with van der Waals surface area (Å²) in [5.74, 6) is 0.370. The fourth-order valence-electron chi connectivity index (χ4n) is 1.91. The van der Waals surface area contributed by atoms with Crippen LogP contribution < -0.4 is 5.32 Å². The normalized spacial score (nSPS) is 16.9. The highest BCUT2D eigenvalue weighted by atomic mass is 79.9. The molecule has 0 saturated carbocycles. The van der Waals surface area contributed by atoms with E-state index in [0.29, 0.717) is 21.8 Å². The van der Waals surface area contributed by atoms with Crippen LogP contribution in [0.3, 0.4) is 0 Å². The van der Waals surface area contributed by atoms with Crippen molar-refractivity contribution in [1.82, 2.24) is 15.5 Å². The lowest BCUT2D eigenvalue weighted by Crippen LogP contribution is -2.58. The van der Waals surface area contributed by atoms with Gasteiger partial charge in [0.25, 0.3) is 5.89 Å². The Morgan fingerprint density at radius 1 is 1.50 bits per heavy atom. The molecular formula is C13H13BrFN3O2. The average molecular weight is 342 g/mol. The van der Waals surface area contributed by atoms with Gasteiger partial charge in [0.15, 0.2) is 0 Å². The van der Waals surface area contributed by atoms with Crippen LogP contribution in [-0.2, 0) is 11.3 Å². The maximum Gasteiger partial charge on any atom is 0.252 e. The minimum absolute atomic E-state index is 0.173. The summed E-state index contributed by atoms with van der Waals surface area (Å²) in [6.45, 7) is 3.88. The van der Waals surface area contributed by atoms with Crippen molar-refractivity contribution in [1.29, 1.82) is 0 Å². The Kier molecular flexibility index (Phi) is 3.57. The maximum absolute atomic E-state index is 13.3. The SMILES string of the molecule is CC1(OCc2nc(-c3cc(F)ccc3Br)no2)CNC1. The van der Waals surface area contributed by atoms with Gasteiger partial charge in [-0.25, -0.2) is 4.39 Å². The molecule has 2 aromatic rings. The number of halogens is 2. The van der Waals surface area contributed by atoms with E-state index in [1.807, 2.05) is 6.92 Å². The topological polar surface area (TPSA) is 60.2 Å². The second-order valence-corrected chi connectivity index (χ2v) is 5.83. The zero-order valence-electron chi connectivity index (χ0n) is 10.8. The molecule has 106 valence electrons. The van der Waals surface area contributed by atoms with Crippen LogP contribution >= 0.6 is 15.9 Å². The highest BCUT2D eigenvalue weighted by Gasteiger charge is 2.33. The first kappa shape index (κ1) is 13.7. The van der Waals surface area contributed by atoms with Crippen molar-refractivity contribution in [3.63, 3.8) is 0 Å². The first-order valence-electron chi connectivity index (χ1n) is 6.18. The van der Waals surface area contributed by atoms with E-state index >= 15 is 0 Å². The van der Waals surface area contributed by atoms with E-state index in [1.165, 1.54) is 12.1 Å². The lowest BCUT2D eigenvalue weighted by molar-refractivity contribution is -0.0841. The fourth-order valence-corrected chi connectivity index (χ4v) is 2.33. The van der Waals surface area contributed by atoms with Gasteiger partial charge in [0.1, 0.15) is 12.4 Å². The van der Waals surface area contributed by atoms with Crippen molar-refractivity contribution in [2.24, 2.45) is 0 Å². The van der Waals surface area contributed by atoms with E-state index in [2.05, 4.69) is 31.4 Å². The first-order valence-corrected chi connectivity index (χ1v) is 6.98. The predicted octanol–water partition coefficient (Wildman–Crippen LogP) is 2.52. The molecule has 0 amide bonds. The first-order chi connectivity index (χ1) is 9.56. The quantitative estimate of drug-likeness (QED) is 0.925. The summed E-state index contributed by atoms with van der Waals surface area (Å²) in [4.78, 5) is 4.22. The van der Waals surface area contributed by atoms with Gasteiger partial charge in [-0.1, -0.05) is 21.1 Å². The smallest absolute Gasteiger partial charge is 0.252 e. The van der Waals surface area contributed by atoms with Gasteiger partial charge in [0.2, 0.25) is 5.82 Å². The molecule has 3 rings (SSSR count). The number of ether oxygens (including phenoxy) is 1. The second kappa shape index (κ2) is 5.23. The van der Waals surface area contributed by atoms with Crippen LogP contribution in [-0.4, -0.2) is 28.8 Å². The number of nitrogens with one attached hydrogen (secondary N) is 1. The third kappa shape index (κ3) is 2.74. The number of aromatic nitrogens is 2. The van der Waals surface area contributed by atoms with Gasteiger partial charge in [-0.3, -0.25) is 0 Å². The summed E-state index contributed by atoms with van der Waals surface area (Å²) < 4.78 is 24.8. The molecule has 1 aliphatic heterocycles. The summed E-state index contributed by atoms with van der Waals surface area (Å²) in [6, 6.07) is 4.33. The molecule has 1 aromatic heterocycles. The molecular weight excluding hydrogens is 329 g/mol. The largest absolute Gasteiger partial charge is 0.363 e. The number of rotatable bonds is 4. The second-order valence-electron chi connectivity index (χ2n) is 4.98. The van der Waals surface area contributed by atoms with Crippen LogP contribution in [0.15, 0.2) is 27.2 Å². The molecule has 0 atom stereocenters. The number of hydrogen-bond donors (Lipinski definition) is 1. The minimum Gasteiger partial charge on any atom is -0.363 e. The predicted molar refractivity (Wildman–Crippen MR) is 73.5 cm³/mol. The van der Waals surface area contributed by atoms with Gasteiger partial charge in [-0.05, 0) is 25.1 Å². The Balaban J connectivity index is 1.74. The monoisotopic (exact) mass is 341 g/mol. The molecule has 0 unspecified atom stereocenters. The number of nitrogens with zero attached hydrogens (tertiary/aromatic N) is 2. The van der Waals surface area contributed by atoms with Crippen molar-refractivity contribution < 1.29 is 13.7 Å². The third-order valence-corrected chi connectivity index (χ3v) is 3.87. The Bertz CT molecular complexity index is 628. The molecule has 0 spiro atoms. The Morgan fingerprint density at radius 3 is 3.00 bits per heavy atom. The lowest BCUT2D eigenvalue weighted by atomic mass is 10.0. The van der Waals surface area contributed by atoms with Gasteiger partial charge < -0.3 is 14.6 Å². The van der Waals surface area contributed by atoms with E-state index in [-0.39, 0.29) is 18.0 Å². The van der Waals surface area contributed by atoms with Crippen LogP contribution in [0.5, 0.6) is 0 Å². The van der Waals surface area contributed by atoms with Crippen molar-refractivity contribution in [3.8, 4) is 11.4 Å². The summed E-state index contributed by atoms with van der Waals surface area (Å²) in [5, 5.41) is 7.00. The van der Waals surface area contributed by atoms with Crippen LogP contribution in [0.1, 0.15) is 12.8 Å². The highest BCUT2D eigenvalue weighted by Crippen LogP contribution is 2.27. The molecule has 0 radical (unpaired) electrons. The molecule has 1 saturated heterocycles. The van der Waals surface area contributed by atoms with Crippen LogP contribution in [0.4, 0.5) is 4.39 Å². The van der Waals surface area contributed by atoms with E-state index < -0.39 is 0 Å². The van der Waals surface area contributed by atoms with E-state index in [1.54, 1.807) is 6.07 Å². The van der Waals surface area contributed by atoms with Gasteiger partial charge >= 0.3 is 0 Å². The summed E-state index contributed by atoms with van der Waals surface area (Å²) in [6.07, 6.45) is 0. The van der Waals surface area contributed by atoms with E-state index in [4.69, 9.17) is 9.26 Å². The van der Waals surface area contributed by atoms with Gasteiger partial charge in [0.05, 0.1) is 5.60 Å². The van der Waals surface area contributed by atoms with Crippen LogP contribution in [0.2, 0.25) is 0 Å². The fraction of sp³-hybridized carbons (Fsp3) is 0.385. The molecule has 0 bridgehead atoms. The molecule has 1 N–H and O–H groups in total. The van der Waals surface area contributed by atoms with Crippen molar-refractivity contribution in [3.05, 3.63) is 34.4 Å². The Labute approximate surface area is 123 Å². The summed E-state index contributed by atoms with van der Waals surface area (Å²) in [5.41, 5.74) is 0.380. The molecule has 1 fully saturated rings. The Hall–Kier alpha value is -1.31. The minimum atomic E-state index is -0.348. The van der Waals surface area contributed by atoms with Crippen molar-refractivity contribution >= 4 is 15.9 Å². The molecule has 7 heteroatoms. The molecule has 1 aliphatic rings. The van der Waals surface area contributed by atoms with Crippen molar-refractivity contribution in [2.75, 3.05) is 13.1 Å². The maximum atomic E-state index is 13.3. The van der Waals surface area contributed by atoms with Crippen LogP contribution in [0, 0.1) is 5.82 Å². The third-order valence-electron chi connectivity index (χ3n) is 3.18. The molecule has 20 heavy (non-hydrogen) atoms. The van der Waals surface area contributed by atoms with Gasteiger partial charge in [-0.2, -0.15) is 4.98 Å². The lowest BCUT2D eigenvalue weighted by Gasteiger charge is -2.38. The highest BCUT2D eigenvalue weighted by molar-refractivity contribution is 9.10. The summed E-state index contributed by atoms with van der Waals surface area (Å²) in [7, 11) is 0. The van der Waals surface area contributed by atoms with Crippen molar-refractivity contribution in [2.45, 2.75) is 19.1 Å². The molecule has 1 aromatic carbocycles. The number of benzene rings is 1. The molecule has 2 heterocycles. The van der Waals surface area contributed by atoms with E-state index in [9.17, 15) is 4.39 Å². The zero-order valence-corrected chi connectivity index (χ0v) is 12.4. The standard InChI is InChI=1S/C13H13BrFN3O2/c1-13(6-16-7-13)19-5-11-17-12(18-20-11)9-4-8(15)2-3-10(9)14/h2-4,16H,5-7H2,1H3. The van der Waals surface area contributed by atoms with Crippen LogP contribution in [0.25, 0.3) is 11.4 Å². The van der Waals surface area contributed by atoms with Gasteiger partial charge in [0, 0.05) is 23.1 Å². The number of hydrogen-bond acceptors (Lipinski definition) is 5. The van der Waals surface area contributed by atoms with E-state index in [0.717, 1.165) is 13.1 Å². The van der Waals surface area contributed by atoms with Gasteiger partial charge in [-0.15, -0.1) is 0 Å². The Morgan fingerprint density at radius 2 is 2.30 bits per heavy atom. The summed E-state index contributed by atoms with van der Waals surface area (Å²) >= 11 is 3.34. The zero-order chi connectivity index (χ0) is 14.2. The average Bonchev–Trinajstić information content (AvgIpc) is 2.86. The molecule has 5 nitrogen and oxygen atoms in total.